The van der Waals surface area contributed by atoms with E-state index in [4.69, 9.17) is 9.47 Å². The Bertz CT molecular complexity index is 244. The van der Waals surface area contributed by atoms with Gasteiger partial charge in [0.05, 0.1) is 0 Å². The summed E-state index contributed by atoms with van der Waals surface area (Å²) in [5, 5.41) is 0. The molecule has 0 amide bonds. The van der Waals surface area contributed by atoms with Gasteiger partial charge in [0, 0.05) is 0 Å². The first-order chi connectivity index (χ1) is 7.54. The lowest BCUT2D eigenvalue weighted by Gasteiger charge is -2.17. The van der Waals surface area contributed by atoms with Crippen LogP contribution in [-0.2, 0) is 19.1 Å². The maximum atomic E-state index is 11.6. The van der Waals surface area contributed by atoms with Crippen LogP contribution in [0.5, 0.6) is 0 Å². The lowest BCUT2D eigenvalue weighted by Crippen LogP contribution is -2.32. The molecule has 0 heterocycles. The van der Waals surface area contributed by atoms with E-state index in [1.807, 2.05) is 0 Å². The Hall–Kier alpha value is -1.58. The molecule has 0 aromatic carbocycles. The zero-order valence-corrected chi connectivity index (χ0v) is 9.77. The fourth-order valence-electron chi connectivity index (χ4n) is 1.10. The Morgan fingerprint density at radius 2 is 1.44 bits per heavy atom. The van der Waals surface area contributed by atoms with Crippen LogP contribution in [0.25, 0.3) is 0 Å². The van der Waals surface area contributed by atoms with Crippen LogP contribution in [-0.4, -0.2) is 25.2 Å². The van der Waals surface area contributed by atoms with E-state index in [1.54, 1.807) is 13.8 Å². The van der Waals surface area contributed by atoms with Gasteiger partial charge in [-0.15, -0.1) is 0 Å². The van der Waals surface area contributed by atoms with Crippen molar-refractivity contribution in [1.82, 2.24) is 0 Å². The summed E-state index contributed by atoms with van der Waals surface area (Å²) in [6.45, 7) is 10.6. The molecule has 0 saturated carbocycles. The van der Waals surface area contributed by atoms with Crippen molar-refractivity contribution in [3.05, 3.63) is 25.3 Å². The van der Waals surface area contributed by atoms with Gasteiger partial charge in [0.15, 0.2) is 5.92 Å². The topological polar surface area (TPSA) is 52.6 Å². The van der Waals surface area contributed by atoms with E-state index in [2.05, 4.69) is 13.2 Å². The molecule has 0 rings (SSSR count). The molecule has 0 bridgehead atoms. The summed E-state index contributed by atoms with van der Waals surface area (Å²) in [5.41, 5.74) is 0. The minimum atomic E-state index is -0.889. The highest BCUT2D eigenvalue weighted by Crippen LogP contribution is 2.15. The predicted octanol–water partition coefficient (Wildman–Crippen LogP) is 1.72. The predicted molar refractivity (Wildman–Crippen MR) is 60.6 cm³/mol. The molecule has 0 N–H and O–H groups in total. The first kappa shape index (κ1) is 14.4. The number of rotatable bonds is 7. The molecule has 16 heavy (non-hydrogen) atoms. The quantitative estimate of drug-likeness (QED) is 0.377. The maximum absolute atomic E-state index is 11.6. The largest absolute Gasteiger partial charge is 0.461 e. The Morgan fingerprint density at radius 3 is 1.69 bits per heavy atom. The Balaban J connectivity index is 4.46. The van der Waals surface area contributed by atoms with Crippen molar-refractivity contribution in [2.75, 3.05) is 13.2 Å². The zero-order chi connectivity index (χ0) is 12.6. The third kappa shape index (κ3) is 4.77. The molecule has 0 aromatic rings. The summed E-state index contributed by atoms with van der Waals surface area (Å²) in [7, 11) is 0. The highest BCUT2D eigenvalue weighted by molar-refractivity contribution is 5.95. The maximum Gasteiger partial charge on any atom is 0.320 e. The summed E-state index contributed by atoms with van der Waals surface area (Å²) in [6.07, 6.45) is 2.90. The first-order valence-corrected chi connectivity index (χ1v) is 5.09. The number of ether oxygens (including phenoxy) is 2. The normalized spacial score (nSPS) is 10.0. The van der Waals surface area contributed by atoms with Crippen LogP contribution in [0.4, 0.5) is 0 Å². The van der Waals surface area contributed by atoms with Crippen LogP contribution in [0.3, 0.4) is 0 Å². The highest BCUT2D eigenvalue weighted by Gasteiger charge is 2.32. The summed E-state index contributed by atoms with van der Waals surface area (Å²) in [5.74, 6) is -2.22. The van der Waals surface area contributed by atoms with Crippen molar-refractivity contribution >= 4 is 11.9 Å². The molecule has 90 valence electrons. The van der Waals surface area contributed by atoms with E-state index in [0.717, 1.165) is 0 Å². The average Bonchev–Trinajstić information content (AvgIpc) is 2.23. The van der Waals surface area contributed by atoms with Gasteiger partial charge in [-0.25, -0.2) is 0 Å². The van der Waals surface area contributed by atoms with Crippen molar-refractivity contribution < 1.29 is 19.1 Å². The molecular formula is C12H18O4. The number of carbonyl (C=O) groups is 2. The third-order valence-corrected chi connectivity index (χ3v) is 1.86. The molecule has 0 aliphatic rings. The second kappa shape index (κ2) is 7.68. The summed E-state index contributed by atoms with van der Waals surface area (Å²) in [4.78, 5) is 23.1. The van der Waals surface area contributed by atoms with Crippen molar-refractivity contribution in [2.24, 2.45) is 11.8 Å². The van der Waals surface area contributed by atoms with Crippen molar-refractivity contribution in [2.45, 2.75) is 13.8 Å². The van der Waals surface area contributed by atoms with Gasteiger partial charge in [0.1, 0.15) is 13.2 Å². The molecule has 0 aliphatic heterocycles. The summed E-state index contributed by atoms with van der Waals surface area (Å²) < 4.78 is 9.66. The van der Waals surface area contributed by atoms with Crippen LogP contribution in [0.2, 0.25) is 0 Å². The molecule has 0 atom stereocenters. The van der Waals surface area contributed by atoms with Crippen LogP contribution in [0.15, 0.2) is 25.3 Å². The van der Waals surface area contributed by atoms with Crippen LogP contribution < -0.4 is 0 Å². The second-order valence-corrected chi connectivity index (χ2v) is 3.56. The fourth-order valence-corrected chi connectivity index (χ4v) is 1.10. The van der Waals surface area contributed by atoms with Gasteiger partial charge >= 0.3 is 11.9 Å². The molecule has 0 spiro atoms. The van der Waals surface area contributed by atoms with Gasteiger partial charge in [-0.2, -0.15) is 0 Å². The Labute approximate surface area is 95.9 Å². The second-order valence-electron chi connectivity index (χ2n) is 3.56. The standard InChI is InChI=1S/C12H18O4/c1-5-7-15-11(13)10(9(3)4)12(14)16-8-6-2/h5-6,9-10H,1-2,7-8H2,3-4H3. The van der Waals surface area contributed by atoms with Crippen LogP contribution in [0.1, 0.15) is 13.8 Å². The van der Waals surface area contributed by atoms with Crippen LogP contribution in [0, 0.1) is 11.8 Å². The van der Waals surface area contributed by atoms with E-state index >= 15 is 0 Å². The van der Waals surface area contributed by atoms with Gasteiger partial charge in [0.2, 0.25) is 0 Å². The van der Waals surface area contributed by atoms with E-state index in [1.165, 1.54) is 12.2 Å². The highest BCUT2D eigenvalue weighted by atomic mass is 16.6. The molecule has 0 fully saturated rings. The number of carbonyl (C=O) groups excluding carboxylic acids is 2. The molecule has 4 heteroatoms. The SMILES string of the molecule is C=CCOC(=O)C(C(=O)OCC=C)C(C)C. The van der Waals surface area contributed by atoms with Gasteiger partial charge < -0.3 is 9.47 Å². The monoisotopic (exact) mass is 226 g/mol. The van der Waals surface area contributed by atoms with Crippen molar-refractivity contribution in [1.29, 1.82) is 0 Å². The molecule has 0 aromatic heterocycles. The van der Waals surface area contributed by atoms with E-state index < -0.39 is 17.9 Å². The Morgan fingerprint density at radius 1 is 1.06 bits per heavy atom. The van der Waals surface area contributed by atoms with Gasteiger partial charge in [-0.1, -0.05) is 39.2 Å². The molecule has 4 nitrogen and oxygen atoms in total. The van der Waals surface area contributed by atoms with Gasteiger partial charge in [-0.05, 0) is 5.92 Å². The number of hydrogen-bond donors (Lipinski definition) is 0. The van der Waals surface area contributed by atoms with Crippen LogP contribution >= 0.6 is 0 Å². The van der Waals surface area contributed by atoms with Gasteiger partial charge in [0.25, 0.3) is 0 Å². The smallest absolute Gasteiger partial charge is 0.320 e. The third-order valence-electron chi connectivity index (χ3n) is 1.86. The van der Waals surface area contributed by atoms with E-state index in [9.17, 15) is 9.59 Å². The summed E-state index contributed by atoms with van der Waals surface area (Å²) >= 11 is 0. The van der Waals surface area contributed by atoms with Crippen molar-refractivity contribution in [3.63, 3.8) is 0 Å². The fraction of sp³-hybridized carbons (Fsp3) is 0.500. The van der Waals surface area contributed by atoms with E-state index in [0.29, 0.717) is 0 Å². The molecule has 0 aliphatic carbocycles. The van der Waals surface area contributed by atoms with Crippen molar-refractivity contribution in [3.8, 4) is 0 Å². The Kier molecular flexibility index (Phi) is 6.92. The molecule has 0 unspecified atom stereocenters. The minimum absolute atomic E-state index is 0.0940. The first-order valence-electron chi connectivity index (χ1n) is 5.09. The number of hydrogen-bond acceptors (Lipinski definition) is 4. The lowest BCUT2D eigenvalue weighted by molar-refractivity contribution is -0.162. The summed E-state index contributed by atoms with van der Waals surface area (Å²) in [6, 6.07) is 0. The molecule has 0 saturated heterocycles. The molecule has 0 radical (unpaired) electrons. The van der Waals surface area contributed by atoms with Gasteiger partial charge in [-0.3, -0.25) is 9.59 Å². The number of esters is 2. The minimum Gasteiger partial charge on any atom is -0.461 e. The zero-order valence-electron chi connectivity index (χ0n) is 9.77. The lowest BCUT2D eigenvalue weighted by atomic mass is 9.96. The molecular weight excluding hydrogens is 208 g/mol. The average molecular weight is 226 g/mol. The van der Waals surface area contributed by atoms with E-state index in [-0.39, 0.29) is 19.1 Å².